The minimum atomic E-state index is -0.493. The lowest BCUT2D eigenvalue weighted by Gasteiger charge is -2.34. The second-order valence-corrected chi connectivity index (χ2v) is 7.06. The van der Waals surface area contributed by atoms with Crippen LogP contribution >= 0.6 is 11.6 Å². The quantitative estimate of drug-likeness (QED) is 0.549. The van der Waals surface area contributed by atoms with Crippen molar-refractivity contribution in [2.24, 2.45) is 0 Å². The molecule has 154 valence electrons. The van der Waals surface area contributed by atoms with Gasteiger partial charge < -0.3 is 15.0 Å². The summed E-state index contributed by atoms with van der Waals surface area (Å²) in [5.41, 5.74) is 0.802. The first-order valence-corrected chi connectivity index (χ1v) is 9.72. The van der Waals surface area contributed by atoms with Crippen molar-refractivity contribution in [2.75, 3.05) is 51.7 Å². The number of para-hydroxylation sites is 1. The Morgan fingerprint density at radius 2 is 1.93 bits per heavy atom. The molecular formula is C20H23ClN4O4. The number of amides is 1. The van der Waals surface area contributed by atoms with Gasteiger partial charge in [-0.1, -0.05) is 23.7 Å². The zero-order chi connectivity index (χ0) is 20.8. The van der Waals surface area contributed by atoms with Gasteiger partial charge in [0.15, 0.2) is 0 Å². The number of benzene rings is 2. The summed E-state index contributed by atoms with van der Waals surface area (Å²) < 4.78 is 5.72. The van der Waals surface area contributed by atoms with Gasteiger partial charge in [-0.05, 0) is 18.2 Å². The van der Waals surface area contributed by atoms with Crippen LogP contribution in [0.4, 0.5) is 11.4 Å². The molecule has 1 saturated heterocycles. The van der Waals surface area contributed by atoms with Gasteiger partial charge in [0.1, 0.15) is 12.4 Å². The zero-order valence-electron chi connectivity index (χ0n) is 16.1. The van der Waals surface area contributed by atoms with Gasteiger partial charge in [0.2, 0.25) is 0 Å². The molecule has 9 heteroatoms. The highest BCUT2D eigenvalue weighted by Crippen LogP contribution is 2.24. The number of nitro benzene ring substituents is 1. The predicted octanol–water partition coefficient (Wildman–Crippen LogP) is 3.13. The fraction of sp³-hybridized carbons (Fsp3) is 0.350. The van der Waals surface area contributed by atoms with Gasteiger partial charge in [-0.2, -0.15) is 0 Å². The molecule has 1 heterocycles. The highest BCUT2D eigenvalue weighted by molar-refractivity contribution is 6.32. The molecule has 0 atom stereocenters. The van der Waals surface area contributed by atoms with Crippen molar-refractivity contribution in [3.05, 3.63) is 63.2 Å². The molecule has 0 saturated carbocycles. The standard InChI is InChI=1S/C20H23ClN4O4/c1-22-18-7-6-15(25(27)28)14-16(18)20(26)24-10-8-23(9-11-24)12-13-29-19-5-3-2-4-17(19)21/h2-7,14,22H,8-13H2,1H3. The minimum Gasteiger partial charge on any atom is -0.491 e. The van der Waals surface area contributed by atoms with Crippen LogP contribution in [0.1, 0.15) is 10.4 Å². The maximum Gasteiger partial charge on any atom is 0.270 e. The van der Waals surface area contributed by atoms with Crippen LogP contribution in [-0.4, -0.2) is 67.0 Å². The Hall–Kier alpha value is -2.84. The van der Waals surface area contributed by atoms with Crippen molar-refractivity contribution in [3.8, 4) is 5.75 Å². The summed E-state index contributed by atoms with van der Waals surface area (Å²) in [6.45, 7) is 3.76. The average molecular weight is 419 g/mol. The Morgan fingerprint density at radius 1 is 1.21 bits per heavy atom. The number of anilines is 1. The number of nitrogens with zero attached hydrogens (tertiary/aromatic N) is 3. The van der Waals surface area contributed by atoms with Crippen molar-refractivity contribution in [1.82, 2.24) is 9.80 Å². The number of carbonyl (C=O) groups is 1. The first kappa shape index (κ1) is 20.9. The van der Waals surface area contributed by atoms with E-state index in [1.807, 2.05) is 18.2 Å². The van der Waals surface area contributed by atoms with Crippen molar-refractivity contribution in [2.45, 2.75) is 0 Å². The van der Waals surface area contributed by atoms with E-state index >= 15 is 0 Å². The fourth-order valence-electron chi connectivity index (χ4n) is 3.23. The number of carbonyl (C=O) groups excluding carboxylic acids is 1. The SMILES string of the molecule is CNc1ccc([N+](=O)[O-])cc1C(=O)N1CCN(CCOc2ccccc2Cl)CC1. The second kappa shape index (κ2) is 9.58. The lowest BCUT2D eigenvalue weighted by atomic mass is 10.1. The summed E-state index contributed by atoms with van der Waals surface area (Å²) in [6, 6.07) is 11.6. The molecule has 0 aliphatic carbocycles. The summed E-state index contributed by atoms with van der Waals surface area (Å²) in [6.07, 6.45) is 0. The molecule has 1 aliphatic rings. The lowest BCUT2D eigenvalue weighted by Crippen LogP contribution is -2.49. The molecule has 3 rings (SSSR count). The summed E-state index contributed by atoms with van der Waals surface area (Å²) in [4.78, 5) is 27.4. The number of ether oxygens (including phenoxy) is 1. The molecule has 1 N–H and O–H groups in total. The molecule has 2 aromatic rings. The van der Waals surface area contributed by atoms with Gasteiger partial charge in [-0.25, -0.2) is 0 Å². The maximum atomic E-state index is 12.9. The molecule has 1 fully saturated rings. The average Bonchev–Trinajstić information content (AvgIpc) is 2.74. The highest BCUT2D eigenvalue weighted by Gasteiger charge is 2.25. The van der Waals surface area contributed by atoms with Gasteiger partial charge >= 0.3 is 0 Å². The van der Waals surface area contributed by atoms with Crippen molar-refractivity contribution in [1.29, 1.82) is 0 Å². The van der Waals surface area contributed by atoms with Crippen LogP contribution in [0.3, 0.4) is 0 Å². The Labute approximate surface area is 174 Å². The molecule has 0 aromatic heterocycles. The van der Waals surface area contributed by atoms with Crippen LogP contribution in [0.2, 0.25) is 5.02 Å². The maximum absolute atomic E-state index is 12.9. The number of hydrogen-bond donors (Lipinski definition) is 1. The van der Waals surface area contributed by atoms with E-state index in [0.717, 1.165) is 6.54 Å². The molecule has 1 aliphatic heterocycles. The number of nitro groups is 1. The molecule has 0 unspecified atom stereocenters. The van der Waals surface area contributed by atoms with E-state index in [1.165, 1.54) is 12.1 Å². The highest BCUT2D eigenvalue weighted by atomic mass is 35.5. The van der Waals surface area contributed by atoms with Gasteiger partial charge in [0, 0.05) is 57.6 Å². The van der Waals surface area contributed by atoms with Crippen LogP contribution in [0.15, 0.2) is 42.5 Å². The van der Waals surface area contributed by atoms with E-state index in [-0.39, 0.29) is 11.6 Å². The van der Waals surface area contributed by atoms with Crippen molar-refractivity contribution >= 4 is 28.9 Å². The van der Waals surface area contributed by atoms with E-state index < -0.39 is 4.92 Å². The molecule has 29 heavy (non-hydrogen) atoms. The van der Waals surface area contributed by atoms with Crippen molar-refractivity contribution in [3.63, 3.8) is 0 Å². The van der Waals surface area contributed by atoms with E-state index in [0.29, 0.717) is 54.8 Å². The molecule has 0 spiro atoms. The Kier molecular flexibility index (Phi) is 6.90. The normalized spacial score (nSPS) is 14.5. The van der Waals surface area contributed by atoms with Gasteiger partial charge in [0.05, 0.1) is 15.5 Å². The van der Waals surface area contributed by atoms with E-state index in [9.17, 15) is 14.9 Å². The number of rotatable bonds is 7. The minimum absolute atomic E-state index is 0.0947. The third kappa shape index (κ3) is 5.16. The lowest BCUT2D eigenvalue weighted by molar-refractivity contribution is -0.384. The number of non-ortho nitro benzene ring substituents is 1. The van der Waals surface area contributed by atoms with Crippen LogP contribution in [0.25, 0.3) is 0 Å². The largest absolute Gasteiger partial charge is 0.491 e. The van der Waals surface area contributed by atoms with E-state index in [1.54, 1.807) is 24.1 Å². The van der Waals surface area contributed by atoms with Crippen LogP contribution in [0, 0.1) is 10.1 Å². The molecule has 0 bridgehead atoms. The molecule has 1 amide bonds. The Bertz CT molecular complexity index is 885. The summed E-state index contributed by atoms with van der Waals surface area (Å²) in [5.74, 6) is 0.457. The number of hydrogen-bond acceptors (Lipinski definition) is 6. The van der Waals surface area contributed by atoms with Crippen LogP contribution in [-0.2, 0) is 0 Å². The summed E-state index contributed by atoms with van der Waals surface area (Å²) in [5, 5.41) is 14.6. The van der Waals surface area contributed by atoms with Gasteiger partial charge in [-0.3, -0.25) is 19.8 Å². The Balaban J connectivity index is 1.54. The summed E-state index contributed by atoms with van der Waals surface area (Å²) >= 11 is 6.08. The number of halogens is 1. The zero-order valence-corrected chi connectivity index (χ0v) is 16.9. The Morgan fingerprint density at radius 3 is 2.59 bits per heavy atom. The monoisotopic (exact) mass is 418 g/mol. The third-order valence-corrected chi connectivity index (χ3v) is 5.19. The summed E-state index contributed by atoms with van der Waals surface area (Å²) in [7, 11) is 1.69. The van der Waals surface area contributed by atoms with Gasteiger partial charge in [0.25, 0.3) is 11.6 Å². The van der Waals surface area contributed by atoms with E-state index in [4.69, 9.17) is 16.3 Å². The molecule has 2 aromatic carbocycles. The molecular weight excluding hydrogens is 396 g/mol. The van der Waals surface area contributed by atoms with Crippen LogP contribution in [0.5, 0.6) is 5.75 Å². The first-order valence-electron chi connectivity index (χ1n) is 9.34. The number of piperazine rings is 1. The first-order chi connectivity index (χ1) is 14.0. The number of nitrogens with one attached hydrogen (secondary N) is 1. The molecule has 8 nitrogen and oxygen atoms in total. The van der Waals surface area contributed by atoms with Gasteiger partial charge in [-0.15, -0.1) is 0 Å². The third-order valence-electron chi connectivity index (χ3n) is 4.87. The molecule has 0 radical (unpaired) electrons. The predicted molar refractivity (Wildman–Crippen MR) is 112 cm³/mol. The fourth-order valence-corrected chi connectivity index (χ4v) is 3.42. The van der Waals surface area contributed by atoms with Crippen LogP contribution < -0.4 is 10.1 Å². The topological polar surface area (TPSA) is 88.0 Å². The smallest absolute Gasteiger partial charge is 0.270 e. The second-order valence-electron chi connectivity index (χ2n) is 6.65. The van der Waals surface area contributed by atoms with E-state index in [2.05, 4.69) is 10.2 Å². The van der Waals surface area contributed by atoms with Crippen molar-refractivity contribution < 1.29 is 14.5 Å².